The average molecular weight is 735 g/mol. The van der Waals surface area contributed by atoms with Crippen molar-refractivity contribution in [1.29, 1.82) is 0 Å². The van der Waals surface area contributed by atoms with Crippen molar-refractivity contribution in [3.05, 3.63) is 0 Å². The molecule has 0 aliphatic carbocycles. The van der Waals surface area contributed by atoms with E-state index < -0.39 is 61.4 Å². The molecule has 304 valence electrons. The van der Waals surface area contributed by atoms with E-state index in [1.165, 1.54) is 0 Å². The van der Waals surface area contributed by atoms with E-state index in [4.69, 9.17) is 47.4 Å². The third-order valence-corrected chi connectivity index (χ3v) is 9.37. The first-order chi connectivity index (χ1) is 25.0. The molecule has 51 heavy (non-hydrogen) atoms. The number of aliphatic hydroxyl groups excluding tert-OH is 1. The number of ether oxygens (including phenoxy) is 10. The molecule has 4 unspecified atom stereocenters. The Bertz CT molecular complexity index is 792. The van der Waals surface area contributed by atoms with Gasteiger partial charge in [-0.15, -0.1) is 0 Å². The summed E-state index contributed by atoms with van der Waals surface area (Å²) in [6.45, 7) is 19.4. The molecule has 10 atom stereocenters. The second-order valence-electron chi connectivity index (χ2n) is 14.0. The first-order valence-electron chi connectivity index (χ1n) is 20.9. The van der Waals surface area contributed by atoms with Crippen LogP contribution in [-0.2, 0) is 47.4 Å². The summed E-state index contributed by atoms with van der Waals surface area (Å²) in [5.74, 6) is 0. The van der Waals surface area contributed by atoms with E-state index >= 15 is 0 Å². The molecule has 0 aromatic heterocycles. The minimum atomic E-state index is -0.958. The van der Waals surface area contributed by atoms with Crippen molar-refractivity contribution < 1.29 is 52.5 Å². The van der Waals surface area contributed by atoms with Gasteiger partial charge < -0.3 is 52.5 Å². The number of hydrogen-bond acceptors (Lipinski definition) is 11. The van der Waals surface area contributed by atoms with Crippen LogP contribution in [0.5, 0.6) is 0 Å². The van der Waals surface area contributed by atoms with E-state index in [0.29, 0.717) is 52.9 Å². The first kappa shape index (κ1) is 46.7. The zero-order valence-electron chi connectivity index (χ0n) is 33.6. The normalized spacial score (nSPS) is 29.9. The van der Waals surface area contributed by atoms with Gasteiger partial charge in [-0.05, 0) is 44.9 Å². The van der Waals surface area contributed by atoms with Gasteiger partial charge in [-0.3, -0.25) is 0 Å². The fourth-order valence-corrected chi connectivity index (χ4v) is 6.04. The highest BCUT2D eigenvalue weighted by atomic mass is 16.8. The Kier molecular flexibility index (Phi) is 27.4. The van der Waals surface area contributed by atoms with Crippen molar-refractivity contribution in [3.8, 4) is 0 Å². The molecular weight excluding hydrogens is 656 g/mol. The van der Waals surface area contributed by atoms with E-state index in [0.717, 1.165) is 89.9 Å². The van der Waals surface area contributed by atoms with Crippen LogP contribution in [0, 0.1) is 0 Å². The molecule has 1 N–H and O–H groups in total. The van der Waals surface area contributed by atoms with Crippen LogP contribution in [0.25, 0.3) is 0 Å². The lowest BCUT2D eigenvalue weighted by Crippen LogP contribution is -2.66. The summed E-state index contributed by atoms with van der Waals surface area (Å²) >= 11 is 0. The van der Waals surface area contributed by atoms with Crippen LogP contribution in [0.4, 0.5) is 0 Å². The van der Waals surface area contributed by atoms with E-state index in [-0.39, 0.29) is 6.61 Å². The number of hydrogen-bond donors (Lipinski definition) is 1. The van der Waals surface area contributed by atoms with Crippen LogP contribution in [0.2, 0.25) is 0 Å². The molecule has 11 heteroatoms. The molecule has 2 aliphatic heterocycles. The lowest BCUT2D eigenvalue weighted by molar-refractivity contribution is -0.389. The molecule has 2 rings (SSSR count). The van der Waals surface area contributed by atoms with E-state index in [1.54, 1.807) is 0 Å². The fraction of sp³-hybridized carbons (Fsp3) is 1.00. The fourth-order valence-electron chi connectivity index (χ4n) is 6.04. The number of aliphatic hydroxyl groups is 1. The number of rotatable bonds is 32. The summed E-state index contributed by atoms with van der Waals surface area (Å²) in [5.41, 5.74) is 0. The summed E-state index contributed by atoms with van der Waals surface area (Å²) < 4.78 is 65.2. The van der Waals surface area contributed by atoms with Crippen molar-refractivity contribution in [3.63, 3.8) is 0 Å². The highest BCUT2D eigenvalue weighted by Gasteiger charge is 2.53. The summed E-state index contributed by atoms with van der Waals surface area (Å²) in [6.07, 6.45) is 6.60. The van der Waals surface area contributed by atoms with Crippen molar-refractivity contribution in [2.75, 3.05) is 59.5 Å². The van der Waals surface area contributed by atoms with Gasteiger partial charge >= 0.3 is 0 Å². The third-order valence-electron chi connectivity index (χ3n) is 9.37. The molecule has 11 nitrogen and oxygen atoms in total. The van der Waals surface area contributed by atoms with Crippen LogP contribution < -0.4 is 0 Å². The molecule has 0 radical (unpaired) electrons. The third kappa shape index (κ3) is 17.3. The zero-order valence-corrected chi connectivity index (χ0v) is 33.6. The second-order valence-corrected chi connectivity index (χ2v) is 14.0. The SMILES string of the molecule is CCCCOCC1O[C@H](O[C@H]2O[C@H](COCCCC)[C@@H](OCCCC)C(OCCCC)C2OCCCC)[C@@H](OCCCC)C(OCCCC)[C@@H]1O. The van der Waals surface area contributed by atoms with Crippen LogP contribution in [0.3, 0.4) is 0 Å². The molecule has 0 spiro atoms. The predicted octanol–water partition coefficient (Wildman–Crippen LogP) is 7.37. The van der Waals surface area contributed by atoms with Gasteiger partial charge in [0.1, 0.15) is 48.8 Å². The summed E-state index contributed by atoms with van der Waals surface area (Å²) in [6, 6.07) is 0. The Balaban J connectivity index is 2.52. The minimum Gasteiger partial charge on any atom is -0.387 e. The molecule has 0 saturated carbocycles. The zero-order chi connectivity index (χ0) is 37.1. The lowest BCUT2D eigenvalue weighted by atomic mass is 9.97. The highest BCUT2D eigenvalue weighted by Crippen LogP contribution is 2.34. The molecular formula is C40H78O11. The van der Waals surface area contributed by atoms with Gasteiger partial charge in [0.2, 0.25) is 0 Å². The van der Waals surface area contributed by atoms with Crippen molar-refractivity contribution in [1.82, 2.24) is 0 Å². The standard InChI is InChI=1S/C40H78O11/c1-8-15-22-42-29-31-33(41)35(45-25-18-11-4)37(47-27-20-13-6)39(49-31)51-40-38(48-28-21-14-7)36(46-26-19-12-5)34(44-24-17-10-3)32(50-40)30-43-23-16-9-2/h31-41H,8-30H2,1-7H3/t31?,32-,33-,34-,35?,36?,37+,38?,39-,40-/m1/s1. The molecule has 2 heterocycles. The molecule has 0 aromatic carbocycles. The van der Waals surface area contributed by atoms with E-state index in [2.05, 4.69) is 48.5 Å². The van der Waals surface area contributed by atoms with Gasteiger partial charge in [0.25, 0.3) is 0 Å². The summed E-state index contributed by atoms with van der Waals surface area (Å²) in [5, 5.41) is 11.6. The molecule has 0 bridgehead atoms. The quantitative estimate of drug-likeness (QED) is 0.0700. The van der Waals surface area contributed by atoms with Gasteiger partial charge in [-0.2, -0.15) is 0 Å². The maximum atomic E-state index is 11.6. The number of unbranched alkanes of at least 4 members (excludes halogenated alkanes) is 7. The van der Waals surface area contributed by atoms with Gasteiger partial charge in [0, 0.05) is 46.2 Å². The van der Waals surface area contributed by atoms with Crippen molar-refractivity contribution in [2.45, 2.75) is 200 Å². The maximum Gasteiger partial charge on any atom is 0.190 e. The summed E-state index contributed by atoms with van der Waals surface area (Å²) in [7, 11) is 0. The lowest BCUT2D eigenvalue weighted by Gasteiger charge is -2.49. The van der Waals surface area contributed by atoms with Gasteiger partial charge in [0.15, 0.2) is 12.6 Å². The smallest absolute Gasteiger partial charge is 0.190 e. The van der Waals surface area contributed by atoms with E-state index in [9.17, 15) is 5.11 Å². The highest BCUT2D eigenvalue weighted by molar-refractivity contribution is 4.96. The largest absolute Gasteiger partial charge is 0.387 e. The Morgan fingerprint density at radius 3 is 1.18 bits per heavy atom. The Labute approximate surface area is 311 Å². The second kappa shape index (κ2) is 29.9. The maximum absolute atomic E-state index is 11.6. The minimum absolute atomic E-state index is 0.211. The van der Waals surface area contributed by atoms with Gasteiger partial charge in [-0.25, -0.2) is 0 Å². The first-order valence-corrected chi connectivity index (χ1v) is 20.9. The Hall–Kier alpha value is -0.440. The van der Waals surface area contributed by atoms with Crippen molar-refractivity contribution >= 4 is 0 Å². The average Bonchev–Trinajstić information content (AvgIpc) is 3.13. The topological polar surface area (TPSA) is 113 Å². The van der Waals surface area contributed by atoms with Gasteiger partial charge in [-0.1, -0.05) is 93.4 Å². The Morgan fingerprint density at radius 1 is 0.392 bits per heavy atom. The van der Waals surface area contributed by atoms with Crippen molar-refractivity contribution in [2.24, 2.45) is 0 Å². The molecule has 0 amide bonds. The van der Waals surface area contributed by atoms with Crippen LogP contribution in [-0.4, -0.2) is 126 Å². The van der Waals surface area contributed by atoms with Crippen LogP contribution in [0.1, 0.15) is 138 Å². The summed E-state index contributed by atoms with van der Waals surface area (Å²) in [4.78, 5) is 0. The Morgan fingerprint density at radius 2 is 0.725 bits per heavy atom. The van der Waals surface area contributed by atoms with Gasteiger partial charge in [0.05, 0.1) is 13.2 Å². The van der Waals surface area contributed by atoms with Crippen LogP contribution in [0.15, 0.2) is 0 Å². The van der Waals surface area contributed by atoms with E-state index in [1.807, 2.05) is 0 Å². The molecule has 2 aliphatic rings. The van der Waals surface area contributed by atoms with Crippen LogP contribution >= 0.6 is 0 Å². The predicted molar refractivity (Wildman–Crippen MR) is 199 cm³/mol. The monoisotopic (exact) mass is 735 g/mol. The molecule has 2 fully saturated rings. The molecule has 0 aromatic rings. The molecule has 2 saturated heterocycles.